The van der Waals surface area contributed by atoms with Crippen molar-refractivity contribution in [2.75, 3.05) is 18.0 Å². The summed E-state index contributed by atoms with van der Waals surface area (Å²) in [6.07, 6.45) is 4.50. The third kappa shape index (κ3) is 4.44. The Balaban J connectivity index is 1.84. The zero-order valence-corrected chi connectivity index (χ0v) is 21.5. The Morgan fingerprint density at radius 1 is 1.29 bits per heavy atom. The van der Waals surface area contributed by atoms with Crippen molar-refractivity contribution in [3.8, 4) is 6.07 Å². The Hall–Kier alpha value is -2.83. The van der Waals surface area contributed by atoms with Crippen LogP contribution >= 0.6 is 24.0 Å². The molecule has 178 valence electrons. The van der Waals surface area contributed by atoms with E-state index in [1.165, 1.54) is 16.7 Å². The second-order valence-electron chi connectivity index (χ2n) is 9.10. The third-order valence-electron chi connectivity index (χ3n) is 6.37. The first-order chi connectivity index (χ1) is 16.2. The van der Waals surface area contributed by atoms with E-state index >= 15 is 0 Å². The summed E-state index contributed by atoms with van der Waals surface area (Å²) < 4.78 is 7.52. The number of nitriles is 1. The summed E-state index contributed by atoms with van der Waals surface area (Å²) in [5.74, 6) is 2.17. The van der Waals surface area contributed by atoms with E-state index in [2.05, 4.69) is 24.8 Å². The maximum absolute atomic E-state index is 13.3. The Morgan fingerprint density at radius 2 is 2.00 bits per heavy atom. The van der Waals surface area contributed by atoms with Gasteiger partial charge in [-0.25, -0.2) is 0 Å². The predicted octanol–water partition coefficient (Wildman–Crippen LogP) is 4.53. The number of carbonyl (C=O) groups is 1. The number of hydrogen-bond acceptors (Lipinski definition) is 7. The van der Waals surface area contributed by atoms with Crippen LogP contribution < -0.4 is 10.5 Å². The minimum Gasteiger partial charge on any atom is -0.467 e. The summed E-state index contributed by atoms with van der Waals surface area (Å²) in [6.45, 7) is 10.5. The van der Waals surface area contributed by atoms with Crippen molar-refractivity contribution in [2.45, 2.75) is 47.2 Å². The molecule has 0 aliphatic carbocycles. The second-order valence-corrected chi connectivity index (χ2v) is 10.8. The van der Waals surface area contributed by atoms with Gasteiger partial charge in [-0.3, -0.25) is 19.1 Å². The molecule has 34 heavy (non-hydrogen) atoms. The van der Waals surface area contributed by atoms with Crippen LogP contribution in [-0.4, -0.2) is 32.8 Å². The maximum atomic E-state index is 13.3. The van der Waals surface area contributed by atoms with Crippen molar-refractivity contribution in [1.29, 1.82) is 5.26 Å². The molecule has 2 fully saturated rings. The Labute approximate surface area is 209 Å². The van der Waals surface area contributed by atoms with Gasteiger partial charge in [0.05, 0.1) is 17.7 Å². The van der Waals surface area contributed by atoms with Crippen LogP contribution in [0, 0.1) is 30.1 Å². The molecular weight excluding hydrogens is 468 g/mol. The largest absolute Gasteiger partial charge is 0.467 e. The van der Waals surface area contributed by atoms with Crippen LogP contribution in [0.2, 0.25) is 0 Å². The van der Waals surface area contributed by atoms with Crippen LogP contribution in [0.15, 0.2) is 32.5 Å². The molecule has 2 aliphatic heterocycles. The number of hydrogen-bond donors (Lipinski definition) is 0. The van der Waals surface area contributed by atoms with Crippen molar-refractivity contribution in [3.05, 3.63) is 56.1 Å². The van der Waals surface area contributed by atoms with E-state index in [0.717, 1.165) is 30.9 Å². The molecule has 2 aliphatic rings. The van der Waals surface area contributed by atoms with Crippen molar-refractivity contribution in [3.63, 3.8) is 0 Å². The number of carbonyl (C=O) groups excluding carboxylic acids is 1. The summed E-state index contributed by atoms with van der Waals surface area (Å²) in [7, 11) is 0. The molecule has 0 bridgehead atoms. The van der Waals surface area contributed by atoms with Gasteiger partial charge in [0, 0.05) is 25.2 Å². The first-order valence-electron chi connectivity index (χ1n) is 11.4. The number of furan rings is 1. The van der Waals surface area contributed by atoms with Gasteiger partial charge in [-0.1, -0.05) is 37.8 Å². The molecule has 9 heteroatoms. The first-order valence-corrected chi connectivity index (χ1v) is 12.7. The quantitative estimate of drug-likeness (QED) is 0.444. The van der Waals surface area contributed by atoms with Crippen LogP contribution in [-0.2, 0) is 17.9 Å². The van der Waals surface area contributed by atoms with E-state index in [4.69, 9.17) is 16.6 Å². The average Bonchev–Trinajstić information content (AvgIpc) is 3.39. The minimum atomic E-state index is -0.286. The Morgan fingerprint density at radius 3 is 2.59 bits per heavy atom. The highest BCUT2D eigenvalue weighted by molar-refractivity contribution is 8.26. The normalized spacial score (nSPS) is 22.0. The fourth-order valence-electron chi connectivity index (χ4n) is 4.94. The first kappa shape index (κ1) is 24.3. The third-order valence-corrected chi connectivity index (χ3v) is 7.75. The number of nitrogens with zero attached hydrogens (tertiary/aromatic N) is 4. The van der Waals surface area contributed by atoms with Crippen LogP contribution in [0.4, 0.5) is 5.82 Å². The number of anilines is 1. The van der Waals surface area contributed by atoms with Crippen LogP contribution in [0.5, 0.6) is 0 Å². The SMILES string of the molecule is CCn1c(N2CC(C)CC(C)C2)c(/C=C2\SC(=S)N(Cc3ccco3)C2=O)c(C)c(C#N)c1=O. The van der Waals surface area contributed by atoms with Gasteiger partial charge in [-0.05, 0) is 55.9 Å². The second kappa shape index (κ2) is 9.80. The monoisotopic (exact) mass is 496 g/mol. The molecular formula is C25H28N4O3S2. The number of amides is 1. The lowest BCUT2D eigenvalue weighted by Gasteiger charge is -2.38. The van der Waals surface area contributed by atoms with E-state index in [-0.39, 0.29) is 23.6 Å². The topological polar surface area (TPSA) is 82.5 Å². The van der Waals surface area contributed by atoms with Crippen molar-refractivity contribution < 1.29 is 9.21 Å². The van der Waals surface area contributed by atoms with Crippen molar-refractivity contribution >= 4 is 46.1 Å². The molecule has 0 N–H and O–H groups in total. The van der Waals surface area contributed by atoms with Crippen LogP contribution in [0.1, 0.15) is 49.6 Å². The molecule has 4 heterocycles. The minimum absolute atomic E-state index is 0.112. The molecule has 2 saturated heterocycles. The lowest BCUT2D eigenvalue weighted by Crippen LogP contribution is -2.42. The summed E-state index contributed by atoms with van der Waals surface area (Å²) in [4.78, 5) is 30.7. The highest BCUT2D eigenvalue weighted by Gasteiger charge is 2.34. The highest BCUT2D eigenvalue weighted by Crippen LogP contribution is 2.37. The summed E-state index contributed by atoms with van der Waals surface area (Å²) in [5, 5.41) is 9.76. The summed E-state index contributed by atoms with van der Waals surface area (Å²) in [6, 6.07) is 5.67. The average molecular weight is 497 g/mol. The number of rotatable bonds is 5. The maximum Gasteiger partial charge on any atom is 0.270 e. The zero-order valence-electron chi connectivity index (χ0n) is 19.8. The lowest BCUT2D eigenvalue weighted by molar-refractivity contribution is -0.122. The molecule has 2 unspecified atom stereocenters. The van der Waals surface area contributed by atoms with Gasteiger partial charge in [-0.15, -0.1) is 0 Å². The number of piperidine rings is 1. The van der Waals surface area contributed by atoms with E-state index in [0.29, 0.717) is 38.9 Å². The van der Waals surface area contributed by atoms with Crippen LogP contribution in [0.25, 0.3) is 6.08 Å². The Bertz CT molecular complexity index is 1250. The van der Waals surface area contributed by atoms with Crippen molar-refractivity contribution in [1.82, 2.24) is 9.47 Å². The molecule has 0 saturated carbocycles. The smallest absolute Gasteiger partial charge is 0.270 e. The van der Waals surface area contributed by atoms with E-state index in [1.54, 1.807) is 29.9 Å². The van der Waals surface area contributed by atoms with Gasteiger partial charge < -0.3 is 9.32 Å². The van der Waals surface area contributed by atoms with Gasteiger partial charge >= 0.3 is 0 Å². The highest BCUT2D eigenvalue weighted by atomic mass is 32.2. The molecule has 4 rings (SSSR count). The summed E-state index contributed by atoms with van der Waals surface area (Å²) in [5.41, 5.74) is 1.15. The van der Waals surface area contributed by atoms with E-state index < -0.39 is 0 Å². The fraction of sp³-hybridized carbons (Fsp3) is 0.440. The standard InChI is InChI=1S/C25H28N4O3S2/c1-5-28-22(27-12-15(2)9-16(3)13-27)19(17(4)20(11-26)23(28)30)10-21-24(31)29(25(33)34-21)14-18-7-6-8-32-18/h6-8,10,15-16H,5,9,12-14H2,1-4H3/b21-10-. The number of thioether (sulfide) groups is 1. The number of aromatic nitrogens is 1. The van der Waals surface area contributed by atoms with Gasteiger partial charge in [0.25, 0.3) is 11.5 Å². The molecule has 2 atom stereocenters. The zero-order chi connectivity index (χ0) is 24.6. The number of thiocarbonyl (C=S) groups is 1. The summed E-state index contributed by atoms with van der Waals surface area (Å²) >= 11 is 6.72. The molecule has 2 aromatic rings. The lowest BCUT2D eigenvalue weighted by atomic mass is 9.91. The fourth-order valence-corrected chi connectivity index (χ4v) is 6.18. The number of pyridine rings is 1. The van der Waals surface area contributed by atoms with Crippen LogP contribution in [0.3, 0.4) is 0 Å². The Kier molecular flexibility index (Phi) is 7.01. The molecule has 0 aromatic carbocycles. The van der Waals surface area contributed by atoms with Gasteiger partial charge in [-0.2, -0.15) is 5.26 Å². The van der Waals surface area contributed by atoms with E-state index in [9.17, 15) is 14.9 Å². The van der Waals surface area contributed by atoms with E-state index in [1.807, 2.05) is 13.0 Å². The van der Waals surface area contributed by atoms with Crippen molar-refractivity contribution in [2.24, 2.45) is 11.8 Å². The van der Waals surface area contributed by atoms with Gasteiger partial charge in [0.1, 0.15) is 27.5 Å². The predicted molar refractivity (Wildman–Crippen MR) is 138 cm³/mol. The molecule has 0 radical (unpaired) electrons. The molecule has 7 nitrogen and oxygen atoms in total. The van der Waals surface area contributed by atoms with Gasteiger partial charge in [0.15, 0.2) is 0 Å². The van der Waals surface area contributed by atoms with Gasteiger partial charge in [0.2, 0.25) is 0 Å². The molecule has 2 aromatic heterocycles. The molecule has 1 amide bonds. The molecule has 0 spiro atoms.